The molecule has 0 fully saturated rings. The minimum absolute atomic E-state index is 0.531. The standard InChI is InChI=1S/C15H25NO/c1-5-17-15-9-7-6-8-14(15)13(4)10-11-16-12(2)3/h6-9,12-13,16H,5,10-11H2,1-4H3. The summed E-state index contributed by atoms with van der Waals surface area (Å²) in [6.07, 6.45) is 1.14. The van der Waals surface area contributed by atoms with Gasteiger partial charge in [0.2, 0.25) is 0 Å². The molecule has 0 aliphatic rings. The molecule has 0 amide bonds. The second kappa shape index (κ2) is 7.33. The fourth-order valence-electron chi connectivity index (χ4n) is 1.92. The summed E-state index contributed by atoms with van der Waals surface area (Å²) in [4.78, 5) is 0. The van der Waals surface area contributed by atoms with Gasteiger partial charge in [0.25, 0.3) is 0 Å². The first kappa shape index (κ1) is 14.0. The van der Waals surface area contributed by atoms with Gasteiger partial charge in [-0.3, -0.25) is 0 Å². The van der Waals surface area contributed by atoms with Gasteiger partial charge in [0.1, 0.15) is 5.75 Å². The Balaban J connectivity index is 2.58. The van der Waals surface area contributed by atoms with Crippen LogP contribution in [-0.2, 0) is 0 Å². The lowest BCUT2D eigenvalue weighted by molar-refractivity contribution is 0.333. The summed E-state index contributed by atoms with van der Waals surface area (Å²) in [6, 6.07) is 8.91. The number of hydrogen-bond donors (Lipinski definition) is 1. The van der Waals surface area contributed by atoms with Crippen LogP contribution in [0.2, 0.25) is 0 Å². The van der Waals surface area contributed by atoms with E-state index >= 15 is 0 Å². The van der Waals surface area contributed by atoms with Gasteiger partial charge in [-0.2, -0.15) is 0 Å². The SMILES string of the molecule is CCOc1ccccc1C(C)CCNC(C)C. The first-order valence-electron chi connectivity index (χ1n) is 6.60. The summed E-state index contributed by atoms with van der Waals surface area (Å²) < 4.78 is 5.67. The Morgan fingerprint density at radius 2 is 1.88 bits per heavy atom. The lowest BCUT2D eigenvalue weighted by atomic mass is 9.97. The van der Waals surface area contributed by atoms with Crippen LogP contribution in [0, 0.1) is 0 Å². The van der Waals surface area contributed by atoms with E-state index in [1.807, 2.05) is 13.0 Å². The normalized spacial score (nSPS) is 12.8. The molecule has 2 nitrogen and oxygen atoms in total. The number of para-hydroxylation sites is 1. The van der Waals surface area contributed by atoms with E-state index in [9.17, 15) is 0 Å². The van der Waals surface area contributed by atoms with Crippen LogP contribution in [0.15, 0.2) is 24.3 Å². The summed E-state index contributed by atoms with van der Waals surface area (Å²) in [5, 5.41) is 3.46. The van der Waals surface area contributed by atoms with Crippen molar-refractivity contribution < 1.29 is 4.74 Å². The number of nitrogens with one attached hydrogen (secondary N) is 1. The highest BCUT2D eigenvalue weighted by molar-refractivity contribution is 5.35. The van der Waals surface area contributed by atoms with Gasteiger partial charge < -0.3 is 10.1 Å². The third-order valence-electron chi connectivity index (χ3n) is 2.88. The van der Waals surface area contributed by atoms with E-state index in [0.717, 1.165) is 25.3 Å². The van der Waals surface area contributed by atoms with E-state index in [1.165, 1.54) is 5.56 Å². The Hall–Kier alpha value is -1.02. The summed E-state index contributed by atoms with van der Waals surface area (Å²) in [6.45, 7) is 10.4. The van der Waals surface area contributed by atoms with E-state index < -0.39 is 0 Å². The molecule has 0 aliphatic heterocycles. The summed E-state index contributed by atoms with van der Waals surface area (Å²) in [7, 11) is 0. The first-order valence-corrected chi connectivity index (χ1v) is 6.60. The smallest absolute Gasteiger partial charge is 0.122 e. The van der Waals surface area contributed by atoms with Gasteiger partial charge in [-0.25, -0.2) is 0 Å². The second-order valence-corrected chi connectivity index (χ2v) is 4.77. The molecule has 0 heterocycles. The number of rotatable bonds is 7. The fourth-order valence-corrected chi connectivity index (χ4v) is 1.92. The van der Waals surface area contributed by atoms with Crippen molar-refractivity contribution in [2.24, 2.45) is 0 Å². The quantitative estimate of drug-likeness (QED) is 0.780. The predicted octanol–water partition coefficient (Wildman–Crippen LogP) is 3.58. The molecule has 0 aromatic heterocycles. The van der Waals surface area contributed by atoms with E-state index in [4.69, 9.17) is 4.74 Å². The largest absolute Gasteiger partial charge is 0.494 e. The van der Waals surface area contributed by atoms with Crippen LogP contribution >= 0.6 is 0 Å². The molecular formula is C15H25NO. The van der Waals surface area contributed by atoms with Gasteiger partial charge in [-0.15, -0.1) is 0 Å². The maximum atomic E-state index is 5.67. The van der Waals surface area contributed by atoms with E-state index in [1.54, 1.807) is 0 Å². The minimum atomic E-state index is 0.531. The monoisotopic (exact) mass is 235 g/mol. The van der Waals surface area contributed by atoms with Crippen molar-refractivity contribution in [1.29, 1.82) is 0 Å². The molecule has 1 rings (SSSR count). The van der Waals surface area contributed by atoms with Crippen molar-refractivity contribution in [1.82, 2.24) is 5.32 Å². The van der Waals surface area contributed by atoms with Crippen molar-refractivity contribution >= 4 is 0 Å². The third kappa shape index (κ3) is 4.78. The Morgan fingerprint density at radius 3 is 2.53 bits per heavy atom. The highest BCUT2D eigenvalue weighted by atomic mass is 16.5. The summed E-state index contributed by atoms with van der Waals surface area (Å²) in [5.41, 5.74) is 1.32. The van der Waals surface area contributed by atoms with Crippen LogP contribution in [0.5, 0.6) is 5.75 Å². The number of hydrogen-bond acceptors (Lipinski definition) is 2. The zero-order valence-corrected chi connectivity index (χ0v) is 11.5. The van der Waals surface area contributed by atoms with Crippen LogP contribution in [-0.4, -0.2) is 19.2 Å². The summed E-state index contributed by atoms with van der Waals surface area (Å²) >= 11 is 0. The molecule has 0 saturated carbocycles. The Morgan fingerprint density at radius 1 is 1.18 bits per heavy atom. The van der Waals surface area contributed by atoms with Crippen LogP contribution in [0.3, 0.4) is 0 Å². The summed E-state index contributed by atoms with van der Waals surface area (Å²) in [5.74, 6) is 1.57. The minimum Gasteiger partial charge on any atom is -0.494 e. The average molecular weight is 235 g/mol. The Bertz CT molecular complexity index is 322. The maximum absolute atomic E-state index is 5.67. The average Bonchev–Trinajstić information content (AvgIpc) is 2.29. The second-order valence-electron chi connectivity index (χ2n) is 4.77. The molecule has 0 bridgehead atoms. The third-order valence-corrected chi connectivity index (χ3v) is 2.88. The zero-order chi connectivity index (χ0) is 12.7. The molecular weight excluding hydrogens is 210 g/mol. The molecule has 17 heavy (non-hydrogen) atoms. The van der Waals surface area contributed by atoms with Crippen molar-refractivity contribution in [3.05, 3.63) is 29.8 Å². The topological polar surface area (TPSA) is 21.3 Å². The van der Waals surface area contributed by atoms with Gasteiger partial charge in [0.15, 0.2) is 0 Å². The lowest BCUT2D eigenvalue weighted by Gasteiger charge is -2.17. The van der Waals surface area contributed by atoms with E-state index in [0.29, 0.717) is 12.0 Å². The van der Waals surface area contributed by atoms with Crippen molar-refractivity contribution in [2.75, 3.05) is 13.2 Å². The highest BCUT2D eigenvalue weighted by Crippen LogP contribution is 2.28. The predicted molar refractivity (Wildman–Crippen MR) is 73.8 cm³/mol. The van der Waals surface area contributed by atoms with Gasteiger partial charge in [-0.1, -0.05) is 39.0 Å². The first-order chi connectivity index (χ1) is 8.15. The molecule has 0 aliphatic carbocycles. The molecule has 2 heteroatoms. The molecule has 0 radical (unpaired) electrons. The maximum Gasteiger partial charge on any atom is 0.122 e. The molecule has 1 aromatic rings. The van der Waals surface area contributed by atoms with E-state index in [2.05, 4.69) is 44.3 Å². The van der Waals surface area contributed by atoms with Gasteiger partial charge in [0, 0.05) is 6.04 Å². The molecule has 1 unspecified atom stereocenters. The number of ether oxygens (including phenoxy) is 1. The van der Waals surface area contributed by atoms with Crippen LogP contribution in [0.1, 0.15) is 45.6 Å². The molecule has 1 N–H and O–H groups in total. The van der Waals surface area contributed by atoms with Crippen molar-refractivity contribution in [2.45, 2.75) is 46.1 Å². The van der Waals surface area contributed by atoms with Gasteiger partial charge in [0.05, 0.1) is 6.61 Å². The lowest BCUT2D eigenvalue weighted by Crippen LogP contribution is -2.24. The van der Waals surface area contributed by atoms with Crippen LogP contribution in [0.4, 0.5) is 0 Å². The van der Waals surface area contributed by atoms with E-state index in [-0.39, 0.29) is 0 Å². The highest BCUT2D eigenvalue weighted by Gasteiger charge is 2.10. The number of benzene rings is 1. The molecule has 1 atom stereocenters. The fraction of sp³-hybridized carbons (Fsp3) is 0.600. The molecule has 1 aromatic carbocycles. The Labute approximate surface area is 105 Å². The van der Waals surface area contributed by atoms with Gasteiger partial charge >= 0.3 is 0 Å². The zero-order valence-electron chi connectivity index (χ0n) is 11.5. The van der Waals surface area contributed by atoms with Gasteiger partial charge in [-0.05, 0) is 37.4 Å². The van der Waals surface area contributed by atoms with Crippen LogP contribution in [0.25, 0.3) is 0 Å². The van der Waals surface area contributed by atoms with Crippen LogP contribution < -0.4 is 10.1 Å². The van der Waals surface area contributed by atoms with Crippen molar-refractivity contribution in [3.63, 3.8) is 0 Å². The molecule has 0 saturated heterocycles. The Kier molecular flexibility index (Phi) is 6.06. The molecule has 0 spiro atoms. The molecule has 96 valence electrons. The van der Waals surface area contributed by atoms with Crippen molar-refractivity contribution in [3.8, 4) is 5.75 Å².